The first-order valence-corrected chi connectivity index (χ1v) is 13.1. The van der Waals surface area contributed by atoms with E-state index in [9.17, 15) is 19.2 Å². The number of ketones is 1. The van der Waals surface area contributed by atoms with E-state index < -0.39 is 29.8 Å². The standard InChI is InChI=1S/C33H28N2O5/c36-29(26-15-7-2-8-16-26)21-22-33(24-40-30(37)23-25-13-5-1-6-14-25)31(38)34(27-17-9-3-10-18-27)35(32(33)39)28-19-11-4-12-20-28/h1-20H,21-24H2. The van der Waals surface area contributed by atoms with Gasteiger partial charge in [-0.2, -0.15) is 0 Å². The lowest BCUT2D eigenvalue weighted by Gasteiger charge is -2.27. The minimum Gasteiger partial charge on any atom is -0.464 e. The van der Waals surface area contributed by atoms with Crippen molar-refractivity contribution in [3.05, 3.63) is 132 Å². The topological polar surface area (TPSA) is 84.0 Å². The van der Waals surface area contributed by atoms with Crippen molar-refractivity contribution in [3.63, 3.8) is 0 Å². The number of carbonyl (C=O) groups excluding carboxylic acids is 4. The first kappa shape index (κ1) is 26.6. The van der Waals surface area contributed by atoms with Gasteiger partial charge in [0.05, 0.1) is 17.8 Å². The largest absolute Gasteiger partial charge is 0.464 e. The molecule has 40 heavy (non-hydrogen) atoms. The zero-order chi connectivity index (χ0) is 28.0. The Morgan fingerprint density at radius 3 is 1.57 bits per heavy atom. The highest BCUT2D eigenvalue weighted by molar-refractivity contribution is 6.26. The highest BCUT2D eigenvalue weighted by atomic mass is 16.5. The van der Waals surface area contributed by atoms with Crippen LogP contribution in [0, 0.1) is 5.41 Å². The van der Waals surface area contributed by atoms with Gasteiger partial charge in [0.15, 0.2) is 11.2 Å². The maximum Gasteiger partial charge on any atom is 0.310 e. The van der Waals surface area contributed by atoms with Gasteiger partial charge in [-0.25, -0.2) is 10.0 Å². The fraction of sp³-hybridized carbons (Fsp3) is 0.152. The van der Waals surface area contributed by atoms with E-state index in [0.717, 1.165) is 5.56 Å². The third-order valence-electron chi connectivity index (χ3n) is 6.95. The molecule has 1 aliphatic rings. The van der Waals surface area contributed by atoms with Gasteiger partial charge >= 0.3 is 5.97 Å². The predicted molar refractivity (Wildman–Crippen MR) is 151 cm³/mol. The molecule has 4 aromatic carbocycles. The van der Waals surface area contributed by atoms with Gasteiger partial charge in [-0.05, 0) is 36.2 Å². The molecule has 0 N–H and O–H groups in total. The number of rotatable bonds is 10. The van der Waals surface area contributed by atoms with E-state index in [4.69, 9.17) is 4.74 Å². The van der Waals surface area contributed by atoms with E-state index in [0.29, 0.717) is 16.9 Å². The van der Waals surface area contributed by atoms with Crippen molar-refractivity contribution in [1.82, 2.24) is 0 Å². The number of hydrazine groups is 1. The first-order valence-electron chi connectivity index (χ1n) is 13.1. The van der Waals surface area contributed by atoms with Crippen LogP contribution in [0.4, 0.5) is 11.4 Å². The lowest BCUT2D eigenvalue weighted by atomic mass is 9.81. The molecular weight excluding hydrogens is 504 g/mol. The zero-order valence-corrected chi connectivity index (χ0v) is 21.8. The number of amides is 2. The highest BCUT2D eigenvalue weighted by Gasteiger charge is 2.60. The Morgan fingerprint density at radius 2 is 1.07 bits per heavy atom. The summed E-state index contributed by atoms with van der Waals surface area (Å²) >= 11 is 0. The van der Waals surface area contributed by atoms with E-state index in [2.05, 4.69) is 0 Å². The van der Waals surface area contributed by atoms with Crippen molar-refractivity contribution >= 4 is 34.9 Å². The molecule has 4 aromatic rings. The van der Waals surface area contributed by atoms with Crippen LogP contribution < -0.4 is 10.0 Å². The highest BCUT2D eigenvalue weighted by Crippen LogP contribution is 2.42. The van der Waals surface area contributed by atoms with Crippen molar-refractivity contribution in [3.8, 4) is 0 Å². The summed E-state index contributed by atoms with van der Waals surface area (Å²) in [5, 5.41) is 2.63. The van der Waals surface area contributed by atoms with Crippen molar-refractivity contribution < 1.29 is 23.9 Å². The maximum absolute atomic E-state index is 14.3. The smallest absolute Gasteiger partial charge is 0.310 e. The van der Waals surface area contributed by atoms with E-state index in [-0.39, 0.29) is 25.0 Å². The number of hydrogen-bond acceptors (Lipinski definition) is 5. The van der Waals surface area contributed by atoms with Crippen molar-refractivity contribution in [2.75, 3.05) is 16.6 Å². The number of anilines is 2. The molecule has 200 valence electrons. The average Bonchev–Trinajstić information content (AvgIpc) is 3.22. The molecule has 0 aliphatic carbocycles. The molecule has 0 radical (unpaired) electrons. The molecule has 0 bridgehead atoms. The summed E-state index contributed by atoms with van der Waals surface area (Å²) in [7, 11) is 0. The van der Waals surface area contributed by atoms with Crippen molar-refractivity contribution in [1.29, 1.82) is 0 Å². The molecule has 0 unspecified atom stereocenters. The fourth-order valence-corrected chi connectivity index (χ4v) is 4.80. The summed E-state index contributed by atoms with van der Waals surface area (Å²) in [6.07, 6.45) is -0.209. The van der Waals surface area contributed by atoms with E-state index in [1.165, 1.54) is 10.0 Å². The van der Waals surface area contributed by atoms with E-state index in [1.807, 2.05) is 36.4 Å². The fourth-order valence-electron chi connectivity index (χ4n) is 4.80. The van der Waals surface area contributed by atoms with Gasteiger partial charge in [-0.15, -0.1) is 0 Å². The molecule has 7 nitrogen and oxygen atoms in total. The molecular formula is C33H28N2O5. The zero-order valence-electron chi connectivity index (χ0n) is 21.8. The van der Waals surface area contributed by atoms with Crippen LogP contribution >= 0.6 is 0 Å². The molecule has 1 fully saturated rings. The molecule has 2 amide bonds. The van der Waals surface area contributed by atoms with Crippen LogP contribution in [0.1, 0.15) is 28.8 Å². The third kappa shape index (κ3) is 5.40. The normalized spacial score (nSPS) is 14.3. The summed E-state index contributed by atoms with van der Waals surface area (Å²) < 4.78 is 5.64. The summed E-state index contributed by atoms with van der Waals surface area (Å²) in [6.45, 7) is -0.481. The third-order valence-corrected chi connectivity index (χ3v) is 6.95. The molecule has 1 aliphatic heterocycles. The Morgan fingerprint density at radius 1 is 0.625 bits per heavy atom. The molecule has 0 spiro atoms. The molecule has 1 saturated heterocycles. The maximum atomic E-state index is 14.3. The minimum absolute atomic E-state index is 0.00690. The lowest BCUT2D eigenvalue weighted by Crippen LogP contribution is -2.42. The molecule has 5 rings (SSSR count). The van der Waals surface area contributed by atoms with E-state index in [1.54, 1.807) is 84.9 Å². The van der Waals surface area contributed by atoms with Gasteiger partial charge in [-0.1, -0.05) is 97.1 Å². The number of para-hydroxylation sites is 2. The number of nitrogens with zero attached hydrogens (tertiary/aromatic N) is 2. The lowest BCUT2D eigenvalue weighted by molar-refractivity contribution is -0.151. The SMILES string of the molecule is O=C(Cc1ccccc1)OCC1(CCC(=O)c2ccccc2)C(=O)N(c2ccccc2)N(c2ccccc2)C1=O. The second-order valence-corrected chi connectivity index (χ2v) is 9.60. The molecule has 7 heteroatoms. The summed E-state index contributed by atoms with van der Waals surface area (Å²) in [5.41, 5.74) is 0.411. The molecule has 0 aromatic heterocycles. The van der Waals surface area contributed by atoms with Crippen LogP contribution in [-0.4, -0.2) is 30.2 Å². The number of hydrogen-bond donors (Lipinski definition) is 0. The Kier molecular flexibility index (Phi) is 7.82. The van der Waals surface area contributed by atoms with Gasteiger partial charge in [0, 0.05) is 12.0 Å². The summed E-state index contributed by atoms with van der Waals surface area (Å²) in [5.74, 6) is -1.88. The predicted octanol–water partition coefficient (Wildman–Crippen LogP) is 5.42. The van der Waals surface area contributed by atoms with Gasteiger partial charge in [-0.3, -0.25) is 19.2 Å². The molecule has 1 heterocycles. The van der Waals surface area contributed by atoms with Crippen LogP contribution in [0.5, 0.6) is 0 Å². The van der Waals surface area contributed by atoms with Gasteiger partial charge < -0.3 is 4.74 Å². The second-order valence-electron chi connectivity index (χ2n) is 9.60. The average molecular weight is 533 g/mol. The minimum atomic E-state index is -1.79. The van der Waals surface area contributed by atoms with Crippen LogP contribution in [0.25, 0.3) is 0 Å². The Bertz CT molecular complexity index is 1430. The Hall–Kier alpha value is -5.04. The number of carbonyl (C=O) groups is 4. The quantitative estimate of drug-likeness (QED) is 0.155. The van der Waals surface area contributed by atoms with Crippen LogP contribution in [-0.2, 0) is 25.5 Å². The second kappa shape index (κ2) is 11.8. The van der Waals surface area contributed by atoms with Crippen molar-refractivity contribution in [2.24, 2.45) is 5.41 Å². The number of ether oxygens (including phenoxy) is 1. The summed E-state index contributed by atoms with van der Waals surface area (Å²) in [4.78, 5) is 54.5. The van der Waals surface area contributed by atoms with Gasteiger partial charge in [0.2, 0.25) is 0 Å². The first-order chi connectivity index (χ1) is 19.5. The molecule has 0 atom stereocenters. The van der Waals surface area contributed by atoms with Crippen molar-refractivity contribution in [2.45, 2.75) is 19.3 Å². The number of esters is 1. The number of benzene rings is 4. The van der Waals surface area contributed by atoms with Crippen LogP contribution in [0.2, 0.25) is 0 Å². The van der Waals surface area contributed by atoms with E-state index >= 15 is 0 Å². The monoisotopic (exact) mass is 532 g/mol. The molecule has 0 saturated carbocycles. The van der Waals surface area contributed by atoms with Gasteiger partial charge in [0.25, 0.3) is 11.8 Å². The van der Waals surface area contributed by atoms with Crippen LogP contribution in [0.3, 0.4) is 0 Å². The number of Topliss-reactive ketones (excluding diaryl/α,β-unsaturated/α-hetero) is 1. The van der Waals surface area contributed by atoms with Gasteiger partial charge in [0.1, 0.15) is 6.61 Å². The van der Waals surface area contributed by atoms with Crippen LogP contribution in [0.15, 0.2) is 121 Å². The summed E-state index contributed by atoms with van der Waals surface area (Å²) in [6, 6.07) is 35.4. The Labute approximate surface area is 232 Å². The Balaban J connectivity index is 1.50.